The maximum absolute atomic E-state index is 12.0. The smallest absolute Gasteiger partial charge is 0.328 e. The van der Waals surface area contributed by atoms with E-state index >= 15 is 0 Å². The summed E-state index contributed by atoms with van der Waals surface area (Å²) in [6, 6.07) is -0.964. The molecule has 2 aromatic rings. The largest absolute Gasteiger partial charge is 0.480 e. The number of carbonyl (C=O) groups excluding carboxylic acids is 1. The molecule has 0 spiro atoms. The minimum absolute atomic E-state index is 0.132. The topological polar surface area (TPSA) is 148 Å². The molecule has 2 bridgehead atoms. The molecule has 0 saturated heterocycles. The molecule has 2 heterocycles. The molecule has 164 valence electrons. The van der Waals surface area contributed by atoms with Gasteiger partial charge in [0.05, 0.1) is 24.0 Å². The number of carbonyl (C=O) groups is 2. The first-order chi connectivity index (χ1) is 14.7. The second kappa shape index (κ2) is 8.18. The summed E-state index contributed by atoms with van der Waals surface area (Å²) in [5.74, 6) is -0.779. The number of aliphatic carboxylic acids is 1. The number of carboxylic acid groups (broad SMARTS) is 1. The highest BCUT2D eigenvalue weighted by molar-refractivity contribution is 6.32. The number of anilines is 3. The van der Waals surface area contributed by atoms with Gasteiger partial charge in [0.15, 0.2) is 11.9 Å². The van der Waals surface area contributed by atoms with Crippen LogP contribution in [0, 0.1) is 23.7 Å². The lowest BCUT2D eigenvalue weighted by Gasteiger charge is -2.27. The summed E-state index contributed by atoms with van der Waals surface area (Å²) in [4.78, 5) is 32.1. The standard InChI is InChI=1S/C20H24ClN7O3/c1-9(2)16(19(30)31)28-8-12(6-24-28)25-20-23-7-13(21)18(27-20)26-15-11-4-3-10(5-11)14(15)17(22)29/h3-4,6-11,14-16H,5H2,1-2H3,(H2,22,29)(H,30,31)(H2,23,25,26,27)/t10-,11+,14+,15-,16?/m1/s1. The van der Waals surface area contributed by atoms with Gasteiger partial charge in [-0.15, -0.1) is 0 Å². The molecule has 2 aromatic heterocycles. The van der Waals surface area contributed by atoms with Crippen molar-refractivity contribution >= 4 is 40.9 Å². The van der Waals surface area contributed by atoms with Gasteiger partial charge in [0, 0.05) is 12.2 Å². The van der Waals surface area contributed by atoms with Crippen molar-refractivity contribution in [1.29, 1.82) is 0 Å². The molecule has 0 aliphatic heterocycles. The van der Waals surface area contributed by atoms with Gasteiger partial charge in [-0.3, -0.25) is 9.48 Å². The Kier molecular flexibility index (Phi) is 5.57. The van der Waals surface area contributed by atoms with Crippen molar-refractivity contribution in [2.75, 3.05) is 10.6 Å². The van der Waals surface area contributed by atoms with Gasteiger partial charge in [-0.1, -0.05) is 37.6 Å². The summed E-state index contributed by atoms with van der Waals surface area (Å²) < 4.78 is 1.39. The van der Waals surface area contributed by atoms with Crippen molar-refractivity contribution in [3.63, 3.8) is 0 Å². The number of nitrogens with zero attached hydrogens (tertiary/aromatic N) is 4. The van der Waals surface area contributed by atoms with Crippen LogP contribution in [-0.2, 0) is 9.59 Å². The summed E-state index contributed by atoms with van der Waals surface area (Å²) in [7, 11) is 0. The average Bonchev–Trinajstić information content (AvgIpc) is 3.40. The van der Waals surface area contributed by atoms with Crippen molar-refractivity contribution in [2.24, 2.45) is 29.4 Å². The zero-order valence-corrected chi connectivity index (χ0v) is 17.8. The van der Waals surface area contributed by atoms with E-state index in [4.69, 9.17) is 17.3 Å². The zero-order valence-electron chi connectivity index (χ0n) is 17.1. The van der Waals surface area contributed by atoms with Gasteiger partial charge < -0.3 is 21.5 Å². The van der Waals surface area contributed by atoms with Gasteiger partial charge in [-0.05, 0) is 24.2 Å². The van der Waals surface area contributed by atoms with Crippen LogP contribution in [0.3, 0.4) is 0 Å². The number of halogens is 1. The van der Waals surface area contributed by atoms with Gasteiger partial charge in [0.2, 0.25) is 11.9 Å². The van der Waals surface area contributed by atoms with Crippen molar-refractivity contribution in [1.82, 2.24) is 19.7 Å². The fraction of sp³-hybridized carbons (Fsp3) is 0.450. The summed E-state index contributed by atoms with van der Waals surface area (Å²) in [5.41, 5.74) is 6.17. The van der Waals surface area contributed by atoms with Crippen molar-refractivity contribution < 1.29 is 14.7 Å². The molecule has 1 amide bonds. The lowest BCUT2D eigenvalue weighted by Crippen LogP contribution is -2.41. The quantitative estimate of drug-likeness (QED) is 0.453. The van der Waals surface area contributed by atoms with Crippen LogP contribution in [-0.4, -0.2) is 42.8 Å². The summed E-state index contributed by atoms with van der Waals surface area (Å²) in [6.45, 7) is 3.64. The molecule has 0 radical (unpaired) electrons. The van der Waals surface area contributed by atoms with E-state index in [-0.39, 0.29) is 41.6 Å². The van der Waals surface area contributed by atoms with E-state index in [1.54, 1.807) is 6.20 Å². The van der Waals surface area contributed by atoms with Gasteiger partial charge in [-0.2, -0.15) is 10.1 Å². The number of nitrogens with two attached hydrogens (primary N) is 1. The van der Waals surface area contributed by atoms with E-state index < -0.39 is 12.0 Å². The van der Waals surface area contributed by atoms with Crippen LogP contribution in [0.1, 0.15) is 26.3 Å². The number of aromatic nitrogens is 4. The first kappa shape index (κ1) is 21.1. The van der Waals surface area contributed by atoms with Crippen LogP contribution in [0.2, 0.25) is 5.02 Å². The maximum Gasteiger partial charge on any atom is 0.328 e. The number of fused-ring (bicyclic) bond motifs is 2. The Labute approximate surface area is 183 Å². The predicted molar refractivity (Wildman–Crippen MR) is 115 cm³/mol. The Bertz CT molecular complexity index is 1040. The molecule has 10 nitrogen and oxygen atoms in total. The Hall–Kier alpha value is -3.14. The molecule has 4 rings (SSSR count). The first-order valence-corrected chi connectivity index (χ1v) is 10.4. The second-order valence-electron chi connectivity index (χ2n) is 8.30. The Morgan fingerprint density at radius 1 is 1.29 bits per heavy atom. The molecular formula is C20H24ClN7O3. The number of primary amides is 1. The Balaban J connectivity index is 1.52. The third kappa shape index (κ3) is 4.07. The number of carboxylic acids is 1. The fourth-order valence-corrected chi connectivity index (χ4v) is 4.63. The monoisotopic (exact) mass is 445 g/mol. The van der Waals surface area contributed by atoms with E-state index in [2.05, 4.69) is 31.8 Å². The van der Waals surface area contributed by atoms with Crippen LogP contribution in [0.4, 0.5) is 17.5 Å². The number of hydrogen-bond acceptors (Lipinski definition) is 7. The Morgan fingerprint density at radius 2 is 2.03 bits per heavy atom. The number of allylic oxidation sites excluding steroid dienone is 1. The lowest BCUT2D eigenvalue weighted by atomic mass is 9.88. The molecule has 31 heavy (non-hydrogen) atoms. The Morgan fingerprint density at radius 3 is 2.71 bits per heavy atom. The molecule has 5 N–H and O–H groups in total. The fourth-order valence-electron chi connectivity index (χ4n) is 4.48. The summed E-state index contributed by atoms with van der Waals surface area (Å²) in [5, 5.41) is 20.2. The highest BCUT2D eigenvalue weighted by Crippen LogP contribution is 2.45. The van der Waals surface area contributed by atoms with Crippen LogP contribution in [0.15, 0.2) is 30.7 Å². The van der Waals surface area contributed by atoms with Gasteiger partial charge in [-0.25, -0.2) is 9.78 Å². The summed E-state index contributed by atoms with van der Waals surface area (Å²) >= 11 is 6.29. The predicted octanol–water partition coefficient (Wildman–Crippen LogP) is 2.44. The van der Waals surface area contributed by atoms with Crippen LogP contribution < -0.4 is 16.4 Å². The maximum atomic E-state index is 12.0. The molecule has 1 unspecified atom stereocenters. The van der Waals surface area contributed by atoms with Crippen LogP contribution in [0.5, 0.6) is 0 Å². The van der Waals surface area contributed by atoms with Crippen LogP contribution in [0.25, 0.3) is 0 Å². The first-order valence-electron chi connectivity index (χ1n) is 10.0. The SMILES string of the molecule is CC(C)C(C(=O)O)n1cc(Nc2ncc(Cl)c(N[C@H]3[C@@H](C(N)=O)[C@@H]4C=C[C@H]3C4)n2)cn1. The molecule has 11 heteroatoms. The van der Waals surface area contributed by atoms with Crippen molar-refractivity contribution in [3.8, 4) is 0 Å². The van der Waals surface area contributed by atoms with E-state index in [1.807, 2.05) is 19.9 Å². The highest BCUT2D eigenvalue weighted by atomic mass is 35.5. The molecule has 2 aliphatic carbocycles. The van der Waals surface area contributed by atoms with Crippen molar-refractivity contribution in [3.05, 3.63) is 35.8 Å². The zero-order chi connectivity index (χ0) is 22.3. The number of nitrogens with one attached hydrogen (secondary N) is 2. The molecule has 0 aromatic carbocycles. The summed E-state index contributed by atoms with van der Waals surface area (Å²) in [6.07, 6.45) is 9.57. The van der Waals surface area contributed by atoms with Gasteiger partial charge >= 0.3 is 5.97 Å². The van der Waals surface area contributed by atoms with E-state index in [0.717, 1.165) is 6.42 Å². The molecular weight excluding hydrogens is 422 g/mol. The molecule has 2 aliphatic rings. The van der Waals surface area contributed by atoms with Gasteiger partial charge in [0.1, 0.15) is 5.02 Å². The van der Waals surface area contributed by atoms with E-state index in [1.165, 1.54) is 17.1 Å². The molecule has 1 saturated carbocycles. The van der Waals surface area contributed by atoms with Crippen molar-refractivity contribution in [2.45, 2.75) is 32.4 Å². The van der Waals surface area contributed by atoms with E-state index in [0.29, 0.717) is 16.5 Å². The van der Waals surface area contributed by atoms with Gasteiger partial charge in [0.25, 0.3) is 0 Å². The minimum atomic E-state index is -0.956. The van der Waals surface area contributed by atoms with E-state index in [9.17, 15) is 14.7 Å². The number of amides is 1. The highest BCUT2D eigenvalue weighted by Gasteiger charge is 2.47. The third-order valence-corrected chi connectivity index (χ3v) is 6.14. The molecule has 1 fully saturated rings. The second-order valence-corrected chi connectivity index (χ2v) is 8.71. The normalized spacial score (nSPS) is 25.0. The van der Waals surface area contributed by atoms with Crippen LogP contribution >= 0.6 is 11.6 Å². The molecule has 5 atom stereocenters. The average molecular weight is 446 g/mol. The minimum Gasteiger partial charge on any atom is -0.480 e. The number of rotatable bonds is 8. The lowest BCUT2D eigenvalue weighted by molar-refractivity contribution is -0.142. The third-order valence-electron chi connectivity index (χ3n) is 5.86. The number of hydrogen-bond donors (Lipinski definition) is 4.